The fraction of sp³-hybridized carbons (Fsp3) is 0.0500. The molecule has 0 aliphatic heterocycles. The molecule has 0 spiro atoms. The van der Waals surface area contributed by atoms with Gasteiger partial charge in [-0.25, -0.2) is 9.38 Å². The molecule has 5 nitrogen and oxygen atoms in total. The van der Waals surface area contributed by atoms with Crippen LogP contribution >= 0.6 is 0 Å². The summed E-state index contributed by atoms with van der Waals surface area (Å²) in [6.07, 6.45) is 3.37. The Morgan fingerprint density at radius 3 is 2.35 bits per heavy atom. The minimum absolute atomic E-state index is 0.308. The van der Waals surface area contributed by atoms with Gasteiger partial charge in [-0.3, -0.25) is 15.1 Å². The zero-order valence-electron chi connectivity index (χ0n) is 13.9. The molecule has 0 atom stereocenters. The summed E-state index contributed by atoms with van der Waals surface area (Å²) in [4.78, 5) is 20.8. The van der Waals surface area contributed by atoms with Crippen molar-refractivity contribution in [1.29, 1.82) is 0 Å². The summed E-state index contributed by atoms with van der Waals surface area (Å²) in [6.45, 7) is 0.376. The Hall–Kier alpha value is -3.54. The van der Waals surface area contributed by atoms with Crippen LogP contribution in [0.4, 0.5) is 10.1 Å². The number of aromatic nitrogens is 1. The Morgan fingerprint density at radius 1 is 0.962 bits per heavy atom. The smallest absolute Gasteiger partial charge is 0.257 e. The third kappa shape index (κ3) is 4.98. The van der Waals surface area contributed by atoms with E-state index in [-0.39, 0.29) is 5.91 Å². The second-order valence-corrected chi connectivity index (χ2v) is 5.47. The minimum atomic E-state index is -0.393. The number of amides is 1. The van der Waals surface area contributed by atoms with Crippen LogP contribution in [0.2, 0.25) is 0 Å². The summed E-state index contributed by atoms with van der Waals surface area (Å²) in [5, 5.41) is 5.82. The molecule has 130 valence electrons. The van der Waals surface area contributed by atoms with Gasteiger partial charge in [0.2, 0.25) is 5.96 Å². The molecule has 0 saturated heterocycles. The maximum atomic E-state index is 13.0. The molecule has 2 N–H and O–H groups in total. The highest BCUT2D eigenvalue weighted by atomic mass is 19.1. The fourth-order valence-electron chi connectivity index (χ4n) is 2.21. The van der Waals surface area contributed by atoms with Gasteiger partial charge in [-0.05, 0) is 54.1 Å². The monoisotopic (exact) mass is 348 g/mol. The number of halogens is 1. The third-order valence-electron chi connectivity index (χ3n) is 3.54. The lowest BCUT2D eigenvalue weighted by Gasteiger charge is -2.12. The van der Waals surface area contributed by atoms with Crippen LogP contribution in [-0.2, 0) is 6.54 Å². The van der Waals surface area contributed by atoms with Gasteiger partial charge < -0.3 is 5.32 Å². The highest BCUT2D eigenvalue weighted by Crippen LogP contribution is 2.07. The van der Waals surface area contributed by atoms with Crippen LogP contribution in [0.3, 0.4) is 0 Å². The van der Waals surface area contributed by atoms with Crippen LogP contribution in [0, 0.1) is 5.82 Å². The highest BCUT2D eigenvalue weighted by Gasteiger charge is 2.09. The maximum Gasteiger partial charge on any atom is 0.257 e. The highest BCUT2D eigenvalue weighted by molar-refractivity contribution is 6.09. The average molecular weight is 348 g/mol. The Bertz CT molecular complexity index is 881. The lowest BCUT2D eigenvalue weighted by Crippen LogP contribution is -2.36. The van der Waals surface area contributed by atoms with E-state index in [9.17, 15) is 9.18 Å². The van der Waals surface area contributed by atoms with Gasteiger partial charge in [-0.1, -0.05) is 18.2 Å². The molecule has 0 bridgehead atoms. The van der Waals surface area contributed by atoms with E-state index in [0.717, 1.165) is 11.3 Å². The van der Waals surface area contributed by atoms with Gasteiger partial charge in [0, 0.05) is 23.6 Å². The number of hydrogen-bond acceptors (Lipinski definition) is 3. The summed E-state index contributed by atoms with van der Waals surface area (Å²) in [7, 11) is 0. The quantitative estimate of drug-likeness (QED) is 0.559. The van der Waals surface area contributed by atoms with Crippen molar-refractivity contribution in [3.8, 4) is 0 Å². The summed E-state index contributed by atoms with van der Waals surface area (Å²) >= 11 is 0. The number of nitrogens with one attached hydrogen (secondary N) is 2. The van der Waals surface area contributed by atoms with Gasteiger partial charge >= 0.3 is 0 Å². The van der Waals surface area contributed by atoms with Gasteiger partial charge in [0.15, 0.2) is 0 Å². The minimum Gasteiger partial charge on any atom is -0.326 e. The van der Waals surface area contributed by atoms with Gasteiger partial charge in [0.1, 0.15) is 5.82 Å². The second-order valence-electron chi connectivity index (χ2n) is 5.47. The molecule has 2 aromatic carbocycles. The zero-order chi connectivity index (χ0) is 18.2. The SMILES string of the molecule is O=C(NC(=NCc1ccncc1)Nc1ccccc1)c1ccc(F)cc1. The molecule has 0 radical (unpaired) electrons. The van der Waals surface area contributed by atoms with Gasteiger partial charge in [0.05, 0.1) is 6.54 Å². The Labute approximate surface area is 150 Å². The summed E-state index contributed by atoms with van der Waals surface area (Å²) in [6, 6.07) is 18.4. The number of anilines is 1. The molecule has 3 rings (SSSR count). The van der Waals surface area contributed by atoms with E-state index in [4.69, 9.17) is 0 Å². The van der Waals surface area contributed by atoms with E-state index in [1.165, 1.54) is 24.3 Å². The van der Waals surface area contributed by atoms with E-state index in [1.807, 2.05) is 42.5 Å². The molecule has 6 heteroatoms. The van der Waals surface area contributed by atoms with E-state index >= 15 is 0 Å². The molecule has 0 aliphatic carbocycles. The van der Waals surface area contributed by atoms with Crippen LogP contribution in [0.5, 0.6) is 0 Å². The molecule has 1 aromatic heterocycles. The number of pyridine rings is 1. The number of guanidine groups is 1. The first-order valence-corrected chi connectivity index (χ1v) is 8.03. The third-order valence-corrected chi connectivity index (χ3v) is 3.54. The maximum absolute atomic E-state index is 13.0. The first kappa shape index (κ1) is 17.3. The Kier molecular flexibility index (Phi) is 5.67. The van der Waals surface area contributed by atoms with Crippen LogP contribution in [0.15, 0.2) is 84.1 Å². The number of rotatable bonds is 4. The van der Waals surface area contributed by atoms with Gasteiger partial charge in [-0.2, -0.15) is 0 Å². The summed E-state index contributed by atoms with van der Waals surface area (Å²) in [5.41, 5.74) is 2.10. The van der Waals surface area contributed by atoms with Crippen molar-refractivity contribution in [2.75, 3.05) is 5.32 Å². The van der Waals surface area contributed by atoms with Crippen LogP contribution in [0.25, 0.3) is 0 Å². The van der Waals surface area contributed by atoms with Crippen molar-refractivity contribution < 1.29 is 9.18 Å². The second kappa shape index (κ2) is 8.53. The topological polar surface area (TPSA) is 66.4 Å². The van der Waals surface area contributed by atoms with Crippen LogP contribution in [0.1, 0.15) is 15.9 Å². The fourth-order valence-corrected chi connectivity index (χ4v) is 2.21. The molecule has 1 heterocycles. The molecule has 1 amide bonds. The number of para-hydroxylation sites is 1. The predicted molar refractivity (Wildman–Crippen MR) is 99.3 cm³/mol. The number of aliphatic imine (C=N–C) groups is 1. The standard InChI is InChI=1S/C20H17FN4O/c21-17-8-6-16(7-9-17)19(26)25-20(24-18-4-2-1-3-5-18)23-14-15-10-12-22-13-11-15/h1-13H,14H2,(H2,23,24,25,26). The van der Waals surface area contributed by atoms with E-state index in [1.54, 1.807) is 12.4 Å². The summed E-state index contributed by atoms with van der Waals surface area (Å²) in [5.74, 6) is -0.459. The van der Waals surface area contributed by atoms with Crippen molar-refractivity contribution in [3.05, 3.63) is 96.1 Å². The Morgan fingerprint density at radius 2 is 1.65 bits per heavy atom. The molecule has 0 fully saturated rings. The molecule has 0 aliphatic rings. The van der Waals surface area contributed by atoms with Crippen LogP contribution < -0.4 is 10.6 Å². The van der Waals surface area contributed by atoms with Crippen molar-refractivity contribution in [2.24, 2.45) is 4.99 Å². The summed E-state index contributed by atoms with van der Waals surface area (Å²) < 4.78 is 13.0. The van der Waals surface area contributed by atoms with Crippen molar-refractivity contribution in [2.45, 2.75) is 6.54 Å². The van der Waals surface area contributed by atoms with Gasteiger partial charge in [0.25, 0.3) is 5.91 Å². The van der Waals surface area contributed by atoms with E-state index in [2.05, 4.69) is 20.6 Å². The number of carbonyl (C=O) groups is 1. The average Bonchev–Trinajstić information content (AvgIpc) is 2.68. The lowest BCUT2D eigenvalue weighted by molar-refractivity contribution is 0.0977. The van der Waals surface area contributed by atoms with Gasteiger partial charge in [-0.15, -0.1) is 0 Å². The first-order valence-electron chi connectivity index (χ1n) is 8.03. The van der Waals surface area contributed by atoms with Crippen molar-refractivity contribution in [1.82, 2.24) is 10.3 Å². The molecule has 0 saturated carbocycles. The molecule has 3 aromatic rings. The number of benzene rings is 2. The Balaban J connectivity index is 1.77. The largest absolute Gasteiger partial charge is 0.326 e. The molecular weight excluding hydrogens is 331 g/mol. The number of hydrogen-bond donors (Lipinski definition) is 2. The number of nitrogens with zero attached hydrogens (tertiary/aromatic N) is 2. The van der Waals surface area contributed by atoms with Crippen molar-refractivity contribution >= 4 is 17.6 Å². The predicted octanol–water partition coefficient (Wildman–Crippen LogP) is 3.62. The lowest BCUT2D eigenvalue weighted by atomic mass is 10.2. The van der Waals surface area contributed by atoms with Crippen LogP contribution in [-0.4, -0.2) is 16.9 Å². The zero-order valence-corrected chi connectivity index (χ0v) is 13.9. The van der Waals surface area contributed by atoms with Crippen molar-refractivity contribution in [3.63, 3.8) is 0 Å². The normalized spacial score (nSPS) is 11.0. The molecule has 0 unspecified atom stereocenters. The first-order chi connectivity index (χ1) is 12.7. The van der Waals surface area contributed by atoms with E-state index in [0.29, 0.717) is 18.1 Å². The molecule has 26 heavy (non-hydrogen) atoms. The molecular formula is C20H17FN4O. The van der Waals surface area contributed by atoms with E-state index < -0.39 is 5.82 Å². The number of carbonyl (C=O) groups excluding carboxylic acids is 1.